The Labute approximate surface area is 198 Å². The molecule has 1 atom stereocenters. The maximum Gasteiger partial charge on any atom is 0.241 e. The molecule has 0 bridgehead atoms. The molecule has 178 valence electrons. The quantitative estimate of drug-likeness (QED) is 0.722. The maximum atomic E-state index is 13.3. The first-order chi connectivity index (χ1) is 16.5. The normalized spacial score (nSPS) is 20.3. The van der Waals surface area contributed by atoms with Crippen LogP contribution in [0.3, 0.4) is 0 Å². The number of nitrogens with zero attached hydrogens (tertiary/aromatic N) is 2. The number of hydrogen-bond donors (Lipinski definition) is 2. The number of hydrogen-bond acceptors (Lipinski definition) is 6. The number of para-hydroxylation sites is 2. The predicted octanol–water partition coefficient (Wildman–Crippen LogP) is 2.83. The molecule has 3 aliphatic heterocycles. The molecule has 9 heteroatoms. The second-order valence-corrected chi connectivity index (χ2v) is 8.99. The van der Waals surface area contributed by atoms with Gasteiger partial charge < -0.3 is 25.0 Å². The summed E-state index contributed by atoms with van der Waals surface area (Å²) >= 11 is 0. The Bertz CT molecular complexity index is 1110. The minimum Gasteiger partial charge on any atom is -0.454 e. The lowest BCUT2D eigenvalue weighted by Crippen LogP contribution is -2.47. The lowest BCUT2D eigenvalue weighted by Gasteiger charge is -2.34. The van der Waals surface area contributed by atoms with E-state index in [9.17, 15) is 14.4 Å². The van der Waals surface area contributed by atoms with E-state index < -0.39 is 0 Å². The van der Waals surface area contributed by atoms with Crippen molar-refractivity contribution < 1.29 is 23.9 Å². The van der Waals surface area contributed by atoms with Gasteiger partial charge in [-0.2, -0.15) is 0 Å². The smallest absolute Gasteiger partial charge is 0.241 e. The fraction of sp³-hybridized carbons (Fsp3) is 0.400. The SMILES string of the molecule is C[C@@H]1CC(=O)Nc2ccccc2N1C(=O)CN1CCC(C(=O)Nc2ccc3c(c2)OCO3)CC1. The van der Waals surface area contributed by atoms with Crippen LogP contribution in [-0.4, -0.2) is 55.1 Å². The minimum atomic E-state index is -0.235. The van der Waals surface area contributed by atoms with Crippen LogP contribution >= 0.6 is 0 Å². The first-order valence-electron chi connectivity index (χ1n) is 11.6. The lowest BCUT2D eigenvalue weighted by molar-refractivity contribution is -0.122. The van der Waals surface area contributed by atoms with Crippen molar-refractivity contribution in [2.24, 2.45) is 5.92 Å². The highest BCUT2D eigenvalue weighted by Gasteiger charge is 2.32. The molecule has 0 radical (unpaired) electrons. The summed E-state index contributed by atoms with van der Waals surface area (Å²) in [6.45, 7) is 3.66. The van der Waals surface area contributed by atoms with Gasteiger partial charge >= 0.3 is 0 Å². The number of nitrogens with one attached hydrogen (secondary N) is 2. The largest absolute Gasteiger partial charge is 0.454 e. The topological polar surface area (TPSA) is 100 Å². The van der Waals surface area contributed by atoms with Gasteiger partial charge in [0.25, 0.3) is 0 Å². The van der Waals surface area contributed by atoms with Gasteiger partial charge in [0.05, 0.1) is 17.9 Å². The van der Waals surface area contributed by atoms with Gasteiger partial charge in [-0.25, -0.2) is 0 Å². The molecular formula is C25H28N4O5. The minimum absolute atomic E-state index is 0.0236. The standard InChI is InChI=1S/C25H28N4O5/c1-16-12-23(30)27-19-4-2-3-5-20(19)29(16)24(31)14-28-10-8-17(9-11-28)25(32)26-18-6-7-21-22(13-18)34-15-33-21/h2-7,13,16-17H,8-12,14-15H2,1H3,(H,26,32)(H,27,30)/t16-/m1/s1. The van der Waals surface area contributed by atoms with Gasteiger partial charge in [-0.05, 0) is 57.1 Å². The van der Waals surface area contributed by atoms with Crippen molar-refractivity contribution >= 4 is 34.8 Å². The number of carbonyl (C=O) groups excluding carboxylic acids is 3. The van der Waals surface area contributed by atoms with E-state index >= 15 is 0 Å². The Balaban J connectivity index is 1.17. The van der Waals surface area contributed by atoms with Crippen LogP contribution in [0.1, 0.15) is 26.2 Å². The van der Waals surface area contributed by atoms with E-state index in [2.05, 4.69) is 15.5 Å². The van der Waals surface area contributed by atoms with Crippen LogP contribution in [0.15, 0.2) is 42.5 Å². The van der Waals surface area contributed by atoms with Crippen LogP contribution < -0.4 is 25.0 Å². The highest BCUT2D eigenvalue weighted by atomic mass is 16.7. The van der Waals surface area contributed by atoms with Gasteiger partial charge in [-0.15, -0.1) is 0 Å². The summed E-state index contributed by atoms with van der Waals surface area (Å²) in [5, 5.41) is 5.86. The molecule has 1 saturated heterocycles. The van der Waals surface area contributed by atoms with E-state index in [1.165, 1.54) is 0 Å². The van der Waals surface area contributed by atoms with Gasteiger partial charge in [0.2, 0.25) is 24.5 Å². The van der Waals surface area contributed by atoms with Gasteiger partial charge in [-0.1, -0.05) is 12.1 Å². The molecule has 0 unspecified atom stereocenters. The van der Waals surface area contributed by atoms with Crippen molar-refractivity contribution in [1.82, 2.24) is 4.90 Å². The van der Waals surface area contributed by atoms with Gasteiger partial charge in [0.1, 0.15) is 0 Å². The molecule has 2 aromatic rings. The zero-order valence-corrected chi connectivity index (χ0v) is 19.1. The van der Waals surface area contributed by atoms with Gasteiger partial charge in [0, 0.05) is 30.1 Å². The van der Waals surface area contributed by atoms with Crippen LogP contribution in [0.25, 0.3) is 0 Å². The average Bonchev–Trinajstić information content (AvgIpc) is 3.23. The third kappa shape index (κ3) is 4.56. The molecule has 1 fully saturated rings. The van der Waals surface area contributed by atoms with E-state index in [0.29, 0.717) is 48.8 Å². The summed E-state index contributed by atoms with van der Waals surface area (Å²) in [5.41, 5.74) is 2.07. The average molecular weight is 465 g/mol. The summed E-state index contributed by atoms with van der Waals surface area (Å²) in [6, 6.07) is 12.5. The second-order valence-electron chi connectivity index (χ2n) is 8.99. The van der Waals surface area contributed by atoms with E-state index in [1.807, 2.05) is 31.2 Å². The number of rotatable bonds is 4. The van der Waals surface area contributed by atoms with Gasteiger partial charge in [-0.3, -0.25) is 19.3 Å². The highest BCUT2D eigenvalue weighted by molar-refractivity contribution is 6.05. The Hall–Kier alpha value is -3.59. The molecule has 0 saturated carbocycles. The summed E-state index contributed by atoms with van der Waals surface area (Å²) in [6.07, 6.45) is 1.61. The molecule has 2 N–H and O–H groups in total. The Kier molecular flexibility index (Phi) is 6.10. The first-order valence-corrected chi connectivity index (χ1v) is 11.6. The molecule has 0 spiro atoms. The second kappa shape index (κ2) is 9.34. The third-order valence-electron chi connectivity index (χ3n) is 6.59. The molecule has 0 aromatic heterocycles. The number of anilines is 3. The van der Waals surface area contributed by atoms with E-state index in [0.717, 1.165) is 5.69 Å². The Morgan fingerprint density at radius 3 is 2.68 bits per heavy atom. The van der Waals surface area contributed by atoms with E-state index in [1.54, 1.807) is 23.1 Å². The number of benzene rings is 2. The van der Waals surface area contributed by atoms with Crippen LogP contribution in [0.5, 0.6) is 11.5 Å². The molecule has 34 heavy (non-hydrogen) atoms. The summed E-state index contributed by atoms with van der Waals surface area (Å²) in [4.78, 5) is 42.1. The monoisotopic (exact) mass is 464 g/mol. The zero-order valence-electron chi connectivity index (χ0n) is 19.1. The Morgan fingerprint density at radius 2 is 1.85 bits per heavy atom. The number of ether oxygens (including phenoxy) is 2. The number of fused-ring (bicyclic) bond motifs is 2. The van der Waals surface area contributed by atoms with Gasteiger partial charge in [0.15, 0.2) is 11.5 Å². The zero-order chi connectivity index (χ0) is 23.7. The maximum absolute atomic E-state index is 13.3. The molecular weight excluding hydrogens is 436 g/mol. The van der Waals surface area contributed by atoms with E-state index in [-0.39, 0.29) is 49.4 Å². The number of likely N-dealkylation sites (tertiary alicyclic amines) is 1. The van der Waals surface area contributed by atoms with Crippen molar-refractivity contribution in [1.29, 1.82) is 0 Å². The molecule has 5 rings (SSSR count). The van der Waals surface area contributed by atoms with Crippen molar-refractivity contribution in [2.75, 3.05) is 42.0 Å². The predicted molar refractivity (Wildman–Crippen MR) is 127 cm³/mol. The molecule has 3 aliphatic rings. The molecule has 2 aromatic carbocycles. The molecule has 9 nitrogen and oxygen atoms in total. The number of piperidine rings is 1. The van der Waals surface area contributed by atoms with Crippen molar-refractivity contribution in [2.45, 2.75) is 32.2 Å². The molecule has 0 aliphatic carbocycles. The first kappa shape index (κ1) is 22.2. The van der Waals surface area contributed by atoms with Crippen LogP contribution in [-0.2, 0) is 14.4 Å². The summed E-state index contributed by atoms with van der Waals surface area (Å²) in [5.74, 6) is 1.04. The number of carbonyl (C=O) groups is 3. The summed E-state index contributed by atoms with van der Waals surface area (Å²) in [7, 11) is 0. The van der Waals surface area contributed by atoms with Crippen LogP contribution in [0.4, 0.5) is 17.1 Å². The molecule has 3 amide bonds. The van der Waals surface area contributed by atoms with E-state index in [4.69, 9.17) is 9.47 Å². The Morgan fingerprint density at radius 1 is 1.09 bits per heavy atom. The number of amides is 3. The van der Waals surface area contributed by atoms with Crippen LogP contribution in [0.2, 0.25) is 0 Å². The van der Waals surface area contributed by atoms with Crippen molar-refractivity contribution in [3.8, 4) is 11.5 Å². The van der Waals surface area contributed by atoms with Crippen LogP contribution in [0, 0.1) is 5.92 Å². The third-order valence-corrected chi connectivity index (χ3v) is 6.59. The molecule has 3 heterocycles. The fourth-order valence-corrected chi connectivity index (χ4v) is 4.81. The fourth-order valence-electron chi connectivity index (χ4n) is 4.81. The summed E-state index contributed by atoms with van der Waals surface area (Å²) < 4.78 is 10.7. The highest BCUT2D eigenvalue weighted by Crippen LogP contribution is 2.35. The lowest BCUT2D eigenvalue weighted by atomic mass is 9.95. The van der Waals surface area contributed by atoms with Crippen molar-refractivity contribution in [3.05, 3.63) is 42.5 Å². The van der Waals surface area contributed by atoms with Crippen molar-refractivity contribution in [3.63, 3.8) is 0 Å².